The van der Waals surface area contributed by atoms with Crippen molar-refractivity contribution >= 4 is 27.9 Å². The van der Waals surface area contributed by atoms with E-state index in [9.17, 15) is 14.9 Å². The zero-order chi connectivity index (χ0) is 16.8. The Morgan fingerprint density at radius 1 is 1.25 bits per heavy atom. The van der Waals surface area contributed by atoms with Gasteiger partial charge in [-0.1, -0.05) is 0 Å². The summed E-state index contributed by atoms with van der Waals surface area (Å²) < 4.78 is 0. The van der Waals surface area contributed by atoms with Crippen LogP contribution in [-0.2, 0) is 12.8 Å². The number of rotatable bonds is 2. The van der Waals surface area contributed by atoms with E-state index in [2.05, 4.69) is 5.32 Å². The maximum absolute atomic E-state index is 12.9. The van der Waals surface area contributed by atoms with Crippen LogP contribution in [0.2, 0.25) is 0 Å². The lowest BCUT2D eigenvalue weighted by molar-refractivity contribution is -0.384. The summed E-state index contributed by atoms with van der Waals surface area (Å²) in [6, 6.07) is 6.37. The maximum Gasteiger partial charge on any atom is 0.269 e. The fraction of sp³-hybridized carbons (Fsp3) is 0.353. The van der Waals surface area contributed by atoms with Crippen LogP contribution >= 0.6 is 11.3 Å². The molecule has 1 aromatic carbocycles. The highest BCUT2D eigenvalue weighted by molar-refractivity contribution is 7.16. The number of carbonyl (C=O) groups excluding carboxylic acids is 1. The van der Waals surface area contributed by atoms with Crippen molar-refractivity contribution in [3.05, 3.63) is 55.9 Å². The summed E-state index contributed by atoms with van der Waals surface area (Å²) in [7, 11) is 1.78. The average Bonchev–Trinajstić information content (AvgIpc) is 2.96. The first-order valence-electron chi connectivity index (χ1n) is 7.99. The van der Waals surface area contributed by atoms with Gasteiger partial charge in [0.2, 0.25) is 0 Å². The van der Waals surface area contributed by atoms with Gasteiger partial charge in [-0.25, -0.2) is 0 Å². The molecule has 0 saturated carbocycles. The maximum atomic E-state index is 12.9. The summed E-state index contributed by atoms with van der Waals surface area (Å²) in [6.45, 7) is 0. The molecular weight excluding hydrogens is 326 g/mol. The van der Waals surface area contributed by atoms with E-state index in [1.165, 1.54) is 29.0 Å². The smallest absolute Gasteiger partial charge is 0.269 e. The standard InChI is InChI=1S/C17H17N3O3S/c1-19-15(10-6-8-11(9-7-10)20(22)23)18-16-14(17(19)21)12-4-2-3-5-13(12)24-16/h6-9,15,18H,2-5H2,1H3/t15-/m1/s1. The van der Waals surface area contributed by atoms with Crippen LogP contribution in [-0.4, -0.2) is 22.8 Å². The van der Waals surface area contributed by atoms with Crippen LogP contribution in [0.15, 0.2) is 24.3 Å². The molecule has 1 atom stereocenters. The summed E-state index contributed by atoms with van der Waals surface area (Å²) in [4.78, 5) is 26.3. The van der Waals surface area contributed by atoms with Crippen LogP contribution in [0.3, 0.4) is 0 Å². The van der Waals surface area contributed by atoms with Gasteiger partial charge in [-0.15, -0.1) is 11.3 Å². The molecule has 0 bridgehead atoms. The minimum Gasteiger partial charge on any atom is -0.352 e. The molecule has 2 aromatic rings. The van der Waals surface area contributed by atoms with Gasteiger partial charge >= 0.3 is 0 Å². The number of non-ortho nitro benzene ring substituents is 1. The lowest BCUT2D eigenvalue weighted by Gasteiger charge is -2.34. The predicted molar refractivity (Wildman–Crippen MR) is 92.5 cm³/mol. The number of hydrogen-bond acceptors (Lipinski definition) is 5. The van der Waals surface area contributed by atoms with Crippen molar-refractivity contribution < 1.29 is 9.72 Å². The molecular formula is C17H17N3O3S. The fourth-order valence-electron chi connectivity index (χ4n) is 3.49. The second-order valence-corrected chi connectivity index (χ2v) is 7.33. The molecule has 0 fully saturated rings. The van der Waals surface area contributed by atoms with Gasteiger partial charge in [0.1, 0.15) is 11.2 Å². The van der Waals surface area contributed by atoms with Crippen molar-refractivity contribution in [2.45, 2.75) is 31.8 Å². The molecule has 124 valence electrons. The largest absolute Gasteiger partial charge is 0.352 e. The Bertz CT molecular complexity index is 828. The van der Waals surface area contributed by atoms with E-state index < -0.39 is 4.92 Å². The molecule has 1 aromatic heterocycles. The third-order valence-electron chi connectivity index (χ3n) is 4.78. The number of fused-ring (bicyclic) bond motifs is 3. The summed E-state index contributed by atoms with van der Waals surface area (Å²) in [6.07, 6.45) is 4.05. The number of benzene rings is 1. The van der Waals surface area contributed by atoms with Gasteiger partial charge in [0.25, 0.3) is 11.6 Å². The summed E-state index contributed by atoms with van der Waals surface area (Å²) >= 11 is 1.68. The predicted octanol–water partition coefficient (Wildman–Crippen LogP) is 3.73. The van der Waals surface area contributed by atoms with Crippen LogP contribution < -0.4 is 5.32 Å². The van der Waals surface area contributed by atoms with Gasteiger partial charge in [-0.05, 0) is 48.9 Å². The van der Waals surface area contributed by atoms with Crippen molar-refractivity contribution in [3.8, 4) is 0 Å². The van der Waals surface area contributed by atoms with E-state index in [4.69, 9.17) is 0 Å². The molecule has 0 spiro atoms. The Morgan fingerprint density at radius 3 is 2.67 bits per heavy atom. The topological polar surface area (TPSA) is 75.5 Å². The van der Waals surface area contributed by atoms with Gasteiger partial charge in [0, 0.05) is 24.1 Å². The van der Waals surface area contributed by atoms with E-state index >= 15 is 0 Å². The SMILES string of the molecule is CN1C(=O)c2c(sc3c2CCCC3)N[C@H]1c1ccc([N+](=O)[O-])cc1. The van der Waals surface area contributed by atoms with Crippen molar-refractivity contribution in [1.82, 2.24) is 4.90 Å². The molecule has 7 heteroatoms. The number of thiophene rings is 1. The molecule has 1 aliphatic carbocycles. The molecule has 1 N–H and O–H groups in total. The lowest BCUT2D eigenvalue weighted by Crippen LogP contribution is -2.40. The zero-order valence-electron chi connectivity index (χ0n) is 13.2. The first-order valence-corrected chi connectivity index (χ1v) is 8.80. The van der Waals surface area contributed by atoms with E-state index in [1.54, 1.807) is 35.4 Å². The summed E-state index contributed by atoms with van der Waals surface area (Å²) in [5, 5.41) is 15.2. The highest BCUT2D eigenvalue weighted by Crippen LogP contribution is 2.43. The Labute approximate surface area is 143 Å². The Balaban J connectivity index is 1.71. The van der Waals surface area contributed by atoms with Gasteiger partial charge in [-0.2, -0.15) is 0 Å². The molecule has 24 heavy (non-hydrogen) atoms. The molecule has 0 radical (unpaired) electrons. The van der Waals surface area contributed by atoms with Crippen LogP contribution in [0.25, 0.3) is 0 Å². The fourth-order valence-corrected chi connectivity index (χ4v) is 4.80. The first kappa shape index (κ1) is 15.1. The average molecular weight is 343 g/mol. The van der Waals surface area contributed by atoms with Crippen molar-refractivity contribution in [2.24, 2.45) is 0 Å². The van der Waals surface area contributed by atoms with Crippen molar-refractivity contribution in [2.75, 3.05) is 12.4 Å². The van der Waals surface area contributed by atoms with Gasteiger partial charge in [0.05, 0.1) is 10.5 Å². The highest BCUT2D eigenvalue weighted by atomic mass is 32.1. The van der Waals surface area contributed by atoms with Crippen LogP contribution in [0, 0.1) is 10.1 Å². The third-order valence-corrected chi connectivity index (χ3v) is 6.00. The zero-order valence-corrected chi connectivity index (χ0v) is 14.1. The number of nitrogens with one attached hydrogen (secondary N) is 1. The van der Waals surface area contributed by atoms with Crippen LogP contribution in [0.4, 0.5) is 10.7 Å². The van der Waals surface area contributed by atoms with E-state index in [-0.39, 0.29) is 17.8 Å². The Hall–Kier alpha value is -2.41. The molecule has 0 saturated heterocycles. The van der Waals surface area contributed by atoms with Crippen molar-refractivity contribution in [1.29, 1.82) is 0 Å². The van der Waals surface area contributed by atoms with E-state index in [0.717, 1.165) is 35.4 Å². The number of nitro benzene ring substituents is 1. The summed E-state index contributed by atoms with van der Waals surface area (Å²) in [5.74, 6) is 0.0338. The Morgan fingerprint density at radius 2 is 1.96 bits per heavy atom. The molecule has 2 heterocycles. The number of nitrogens with zero attached hydrogens (tertiary/aromatic N) is 2. The number of nitro groups is 1. The molecule has 4 rings (SSSR count). The minimum absolute atomic E-state index is 0.0338. The van der Waals surface area contributed by atoms with E-state index in [0.29, 0.717) is 0 Å². The highest BCUT2D eigenvalue weighted by Gasteiger charge is 2.35. The molecule has 0 unspecified atom stereocenters. The third kappa shape index (κ3) is 2.27. The van der Waals surface area contributed by atoms with Crippen LogP contribution in [0.5, 0.6) is 0 Å². The monoisotopic (exact) mass is 343 g/mol. The number of anilines is 1. The second-order valence-electron chi connectivity index (χ2n) is 6.23. The van der Waals surface area contributed by atoms with Crippen LogP contribution in [0.1, 0.15) is 45.4 Å². The Kier molecular flexibility index (Phi) is 3.53. The molecule has 2 aliphatic rings. The minimum atomic E-state index is -0.418. The lowest BCUT2D eigenvalue weighted by atomic mass is 9.94. The summed E-state index contributed by atoms with van der Waals surface area (Å²) in [5.41, 5.74) is 2.94. The molecule has 1 amide bonds. The van der Waals surface area contributed by atoms with Gasteiger partial charge in [0.15, 0.2) is 0 Å². The molecule has 6 nitrogen and oxygen atoms in total. The van der Waals surface area contributed by atoms with Gasteiger partial charge < -0.3 is 10.2 Å². The van der Waals surface area contributed by atoms with Gasteiger partial charge in [-0.3, -0.25) is 14.9 Å². The molecule has 1 aliphatic heterocycles. The number of hydrogen-bond donors (Lipinski definition) is 1. The number of amides is 1. The second kappa shape index (κ2) is 5.59. The normalized spacial score (nSPS) is 19.5. The number of aryl methyl sites for hydroxylation is 1. The first-order chi connectivity index (χ1) is 11.6. The van der Waals surface area contributed by atoms with E-state index in [1.807, 2.05) is 0 Å². The quantitative estimate of drug-likeness (QED) is 0.666. The number of carbonyl (C=O) groups is 1. The van der Waals surface area contributed by atoms with Crippen molar-refractivity contribution in [3.63, 3.8) is 0 Å².